The maximum absolute atomic E-state index is 5.68. The summed E-state index contributed by atoms with van der Waals surface area (Å²) in [5.74, 6) is 2.04. The van der Waals surface area contributed by atoms with E-state index in [1.54, 1.807) is 7.11 Å². The SMILES string of the molecule is COc1ccc(C2CCCC2)cc1-c1cc(N)n[nH]1. The molecule has 3 N–H and O–H groups in total. The lowest BCUT2D eigenvalue weighted by molar-refractivity contribution is 0.416. The molecule has 3 rings (SSSR count). The van der Waals surface area contributed by atoms with Crippen molar-refractivity contribution in [2.24, 2.45) is 0 Å². The maximum atomic E-state index is 5.68. The maximum Gasteiger partial charge on any atom is 0.145 e. The van der Waals surface area contributed by atoms with E-state index in [9.17, 15) is 0 Å². The number of anilines is 1. The smallest absolute Gasteiger partial charge is 0.145 e. The number of hydrogen-bond acceptors (Lipinski definition) is 3. The van der Waals surface area contributed by atoms with E-state index in [4.69, 9.17) is 10.5 Å². The van der Waals surface area contributed by atoms with Crippen molar-refractivity contribution in [3.8, 4) is 17.0 Å². The first-order chi connectivity index (χ1) is 9.28. The van der Waals surface area contributed by atoms with Crippen molar-refractivity contribution in [2.45, 2.75) is 31.6 Å². The van der Waals surface area contributed by atoms with Crippen LogP contribution in [0.4, 0.5) is 5.82 Å². The van der Waals surface area contributed by atoms with Crippen molar-refractivity contribution in [1.29, 1.82) is 0 Å². The Morgan fingerprint density at radius 3 is 2.68 bits per heavy atom. The Balaban J connectivity index is 2.02. The molecule has 4 nitrogen and oxygen atoms in total. The quantitative estimate of drug-likeness (QED) is 0.886. The minimum Gasteiger partial charge on any atom is -0.496 e. The topological polar surface area (TPSA) is 63.9 Å². The Labute approximate surface area is 113 Å². The molecule has 0 radical (unpaired) electrons. The summed E-state index contributed by atoms with van der Waals surface area (Å²) in [6.45, 7) is 0. The van der Waals surface area contributed by atoms with Crippen LogP contribution in [0.5, 0.6) is 5.75 Å². The van der Waals surface area contributed by atoms with Crippen LogP contribution in [-0.4, -0.2) is 17.3 Å². The van der Waals surface area contributed by atoms with Gasteiger partial charge in [-0.1, -0.05) is 18.9 Å². The molecule has 4 heteroatoms. The van der Waals surface area contributed by atoms with Gasteiger partial charge in [-0.3, -0.25) is 5.10 Å². The zero-order chi connectivity index (χ0) is 13.2. The van der Waals surface area contributed by atoms with Gasteiger partial charge in [0.25, 0.3) is 0 Å². The molecule has 0 unspecified atom stereocenters. The van der Waals surface area contributed by atoms with Crippen LogP contribution < -0.4 is 10.5 Å². The van der Waals surface area contributed by atoms with Gasteiger partial charge < -0.3 is 10.5 Å². The number of nitrogens with two attached hydrogens (primary N) is 1. The molecular formula is C15H19N3O. The zero-order valence-corrected chi connectivity index (χ0v) is 11.1. The third-order valence-electron chi connectivity index (χ3n) is 3.94. The highest BCUT2D eigenvalue weighted by Gasteiger charge is 2.19. The predicted molar refractivity (Wildman–Crippen MR) is 76.2 cm³/mol. The number of hydrogen-bond donors (Lipinski definition) is 2. The van der Waals surface area contributed by atoms with Gasteiger partial charge in [-0.15, -0.1) is 0 Å². The van der Waals surface area contributed by atoms with Gasteiger partial charge >= 0.3 is 0 Å². The van der Waals surface area contributed by atoms with Gasteiger partial charge in [0.2, 0.25) is 0 Å². The third-order valence-corrected chi connectivity index (χ3v) is 3.94. The highest BCUT2D eigenvalue weighted by atomic mass is 16.5. The summed E-state index contributed by atoms with van der Waals surface area (Å²) in [6.07, 6.45) is 5.25. The summed E-state index contributed by atoms with van der Waals surface area (Å²) < 4.78 is 5.44. The second-order valence-corrected chi connectivity index (χ2v) is 5.15. The lowest BCUT2D eigenvalue weighted by Crippen LogP contribution is -1.95. The second kappa shape index (κ2) is 4.96. The van der Waals surface area contributed by atoms with E-state index in [2.05, 4.69) is 22.3 Å². The molecule has 1 heterocycles. The van der Waals surface area contributed by atoms with Crippen molar-refractivity contribution in [3.05, 3.63) is 29.8 Å². The normalized spacial score (nSPS) is 15.8. The molecule has 1 saturated carbocycles. The molecule has 1 aromatic carbocycles. The molecule has 0 bridgehead atoms. The number of nitrogen functional groups attached to an aromatic ring is 1. The molecule has 2 aromatic rings. The summed E-state index contributed by atoms with van der Waals surface area (Å²) >= 11 is 0. The molecule has 19 heavy (non-hydrogen) atoms. The van der Waals surface area contributed by atoms with Crippen molar-refractivity contribution in [2.75, 3.05) is 12.8 Å². The fraction of sp³-hybridized carbons (Fsp3) is 0.400. The van der Waals surface area contributed by atoms with E-state index in [0.29, 0.717) is 11.7 Å². The summed E-state index contributed by atoms with van der Waals surface area (Å²) in [5.41, 5.74) is 9.02. The Bertz CT molecular complexity index is 571. The first kappa shape index (κ1) is 12.1. The molecule has 0 saturated heterocycles. The van der Waals surface area contributed by atoms with Crippen molar-refractivity contribution >= 4 is 5.82 Å². The minimum absolute atomic E-state index is 0.503. The average molecular weight is 257 g/mol. The predicted octanol–water partition coefficient (Wildman–Crippen LogP) is 3.33. The minimum atomic E-state index is 0.503. The van der Waals surface area contributed by atoms with Crippen LogP contribution in [-0.2, 0) is 0 Å². The van der Waals surface area contributed by atoms with Gasteiger partial charge in [0, 0.05) is 11.6 Å². The van der Waals surface area contributed by atoms with E-state index in [1.807, 2.05) is 12.1 Å². The molecule has 0 atom stereocenters. The lowest BCUT2D eigenvalue weighted by Gasteiger charge is -2.13. The molecule has 1 fully saturated rings. The number of aromatic amines is 1. The van der Waals surface area contributed by atoms with E-state index < -0.39 is 0 Å². The standard InChI is InChI=1S/C15H19N3O/c1-19-14-7-6-11(10-4-2-3-5-10)8-12(14)13-9-15(16)18-17-13/h6-10H,2-5H2,1H3,(H3,16,17,18). The lowest BCUT2D eigenvalue weighted by atomic mass is 9.95. The van der Waals surface area contributed by atoms with Crippen LogP contribution in [0.25, 0.3) is 11.3 Å². The summed E-state index contributed by atoms with van der Waals surface area (Å²) in [4.78, 5) is 0. The van der Waals surface area contributed by atoms with Gasteiger partial charge in [0.05, 0.1) is 12.8 Å². The Morgan fingerprint density at radius 1 is 1.26 bits per heavy atom. The average Bonchev–Trinajstić information content (AvgIpc) is 3.09. The molecule has 1 aliphatic carbocycles. The van der Waals surface area contributed by atoms with Gasteiger partial charge in [-0.25, -0.2) is 0 Å². The Kier molecular flexibility index (Phi) is 3.15. The summed E-state index contributed by atoms with van der Waals surface area (Å²) in [6, 6.07) is 8.27. The van der Waals surface area contributed by atoms with Crippen LogP contribution in [0.2, 0.25) is 0 Å². The number of methoxy groups -OCH3 is 1. The van der Waals surface area contributed by atoms with E-state index in [0.717, 1.165) is 17.0 Å². The number of ether oxygens (including phenoxy) is 1. The molecular weight excluding hydrogens is 238 g/mol. The monoisotopic (exact) mass is 257 g/mol. The number of benzene rings is 1. The first-order valence-electron chi connectivity index (χ1n) is 6.77. The Hall–Kier alpha value is -1.97. The molecule has 0 spiro atoms. The first-order valence-corrected chi connectivity index (χ1v) is 6.77. The number of aromatic nitrogens is 2. The van der Waals surface area contributed by atoms with Crippen LogP contribution >= 0.6 is 0 Å². The van der Waals surface area contributed by atoms with E-state index in [-0.39, 0.29) is 0 Å². The van der Waals surface area contributed by atoms with Crippen LogP contribution in [0, 0.1) is 0 Å². The van der Waals surface area contributed by atoms with Gasteiger partial charge in [0.1, 0.15) is 11.6 Å². The highest BCUT2D eigenvalue weighted by Crippen LogP contribution is 2.38. The fourth-order valence-electron chi connectivity index (χ4n) is 2.92. The highest BCUT2D eigenvalue weighted by molar-refractivity contribution is 5.70. The third kappa shape index (κ3) is 2.30. The molecule has 1 aliphatic rings. The van der Waals surface area contributed by atoms with E-state index >= 15 is 0 Å². The van der Waals surface area contributed by atoms with Crippen molar-refractivity contribution in [3.63, 3.8) is 0 Å². The number of H-pyrrole nitrogens is 1. The second-order valence-electron chi connectivity index (χ2n) is 5.15. The van der Waals surface area contributed by atoms with E-state index in [1.165, 1.54) is 31.2 Å². The summed E-state index contributed by atoms with van der Waals surface area (Å²) in [5, 5.41) is 6.95. The van der Waals surface area contributed by atoms with Crippen LogP contribution in [0.15, 0.2) is 24.3 Å². The van der Waals surface area contributed by atoms with Gasteiger partial charge in [0.15, 0.2) is 0 Å². The van der Waals surface area contributed by atoms with Crippen molar-refractivity contribution < 1.29 is 4.74 Å². The van der Waals surface area contributed by atoms with Crippen molar-refractivity contribution in [1.82, 2.24) is 10.2 Å². The van der Waals surface area contributed by atoms with Gasteiger partial charge in [-0.05, 0) is 36.5 Å². The van der Waals surface area contributed by atoms with Gasteiger partial charge in [-0.2, -0.15) is 5.10 Å². The largest absolute Gasteiger partial charge is 0.496 e. The Morgan fingerprint density at radius 2 is 2.05 bits per heavy atom. The fourth-order valence-corrected chi connectivity index (χ4v) is 2.92. The summed E-state index contributed by atoms with van der Waals surface area (Å²) in [7, 11) is 1.69. The molecule has 100 valence electrons. The molecule has 0 amide bonds. The molecule has 1 aromatic heterocycles. The van der Waals surface area contributed by atoms with Crippen LogP contribution in [0.1, 0.15) is 37.2 Å². The zero-order valence-electron chi connectivity index (χ0n) is 11.1. The number of rotatable bonds is 3. The van der Waals surface area contributed by atoms with Crippen LogP contribution in [0.3, 0.4) is 0 Å². The number of nitrogens with zero attached hydrogens (tertiary/aromatic N) is 1. The molecule has 0 aliphatic heterocycles. The number of nitrogens with one attached hydrogen (secondary N) is 1.